The normalized spacial score (nSPS) is 33.9. The second kappa shape index (κ2) is 9.18. The Balaban J connectivity index is 1.28. The molecule has 2 aromatic carbocycles. The summed E-state index contributed by atoms with van der Waals surface area (Å²) in [5.41, 5.74) is 10.4. The van der Waals surface area contributed by atoms with Gasteiger partial charge in [-0.15, -0.1) is 0 Å². The molecule has 1 saturated heterocycles. The zero-order chi connectivity index (χ0) is 25.1. The van der Waals surface area contributed by atoms with Gasteiger partial charge in [0.1, 0.15) is 18.5 Å². The zero-order valence-electron chi connectivity index (χ0n) is 22.2. The Labute approximate surface area is 220 Å². The van der Waals surface area contributed by atoms with E-state index in [4.69, 9.17) is 24.7 Å². The van der Waals surface area contributed by atoms with Gasteiger partial charge in [0.2, 0.25) is 0 Å². The Kier molecular flexibility index (Phi) is 5.91. The summed E-state index contributed by atoms with van der Waals surface area (Å²) in [6.07, 6.45) is 7.30. The first-order valence-corrected chi connectivity index (χ1v) is 14.2. The maximum absolute atomic E-state index is 7.00. The third-order valence-corrected chi connectivity index (χ3v) is 10.1. The topological polar surface area (TPSA) is 66.2 Å². The molecule has 6 atom stereocenters. The fourth-order valence-corrected chi connectivity index (χ4v) is 8.13. The van der Waals surface area contributed by atoms with Gasteiger partial charge in [0.05, 0.1) is 13.2 Å². The highest BCUT2D eigenvalue weighted by Gasteiger charge is 2.62. The predicted molar refractivity (Wildman–Crippen MR) is 142 cm³/mol. The fourth-order valence-electron chi connectivity index (χ4n) is 8.13. The molecule has 3 aliphatic carbocycles. The molecule has 3 bridgehead atoms. The van der Waals surface area contributed by atoms with Gasteiger partial charge in [-0.3, -0.25) is 4.90 Å². The van der Waals surface area contributed by atoms with Crippen molar-refractivity contribution in [2.45, 2.75) is 68.8 Å². The van der Waals surface area contributed by atoms with Crippen LogP contribution in [0.5, 0.6) is 17.2 Å². The first-order valence-electron chi connectivity index (χ1n) is 14.2. The number of hydrogen-bond donors (Lipinski definition) is 1. The molecule has 6 nitrogen and oxygen atoms in total. The minimum absolute atomic E-state index is 0.00146. The van der Waals surface area contributed by atoms with Crippen molar-refractivity contribution in [3.05, 3.63) is 53.1 Å². The molecule has 7 rings (SSSR count). The minimum Gasteiger partial charge on any atom is -0.497 e. The molecule has 2 aliphatic heterocycles. The number of rotatable bonds is 8. The summed E-state index contributed by atoms with van der Waals surface area (Å²) in [4.78, 5) is 2.85. The molecule has 2 saturated carbocycles. The van der Waals surface area contributed by atoms with Gasteiger partial charge in [-0.25, -0.2) is 0 Å². The average molecular weight is 505 g/mol. The Morgan fingerprint density at radius 1 is 1.11 bits per heavy atom. The van der Waals surface area contributed by atoms with Gasteiger partial charge in [0, 0.05) is 36.6 Å². The van der Waals surface area contributed by atoms with Crippen molar-refractivity contribution in [3.8, 4) is 17.2 Å². The molecule has 2 unspecified atom stereocenters. The molecule has 2 N–H and O–H groups in total. The van der Waals surface area contributed by atoms with E-state index in [-0.39, 0.29) is 17.6 Å². The first-order chi connectivity index (χ1) is 18.1. The van der Waals surface area contributed by atoms with Crippen molar-refractivity contribution in [1.82, 2.24) is 4.90 Å². The molecule has 0 amide bonds. The van der Waals surface area contributed by atoms with Gasteiger partial charge < -0.3 is 24.7 Å². The van der Waals surface area contributed by atoms with Crippen LogP contribution < -0.4 is 19.9 Å². The van der Waals surface area contributed by atoms with Gasteiger partial charge in [-0.1, -0.05) is 18.2 Å². The fraction of sp³-hybridized carbons (Fsp3) is 0.613. The standard InChI is InChI=1S/C31H40N2O4/c1-34-24-8-5-20(6-9-24)18-36-26-10-7-21-14-25-22-13-23(16-32)28(35-2)30-31(15-22,27(21)29(26)37-30)11-12-33(25)17-19-3-4-19/h5-10,19,22-23,25,28,30H,3-4,11-18,32H2,1-2H3/t22?,23-,25-,28?,30+,31+/m1/s1. The lowest BCUT2D eigenvalue weighted by molar-refractivity contribution is -0.0509. The van der Waals surface area contributed by atoms with Crippen LogP contribution in [0.15, 0.2) is 36.4 Å². The van der Waals surface area contributed by atoms with Gasteiger partial charge in [-0.2, -0.15) is 0 Å². The molecular formula is C31H40N2O4. The van der Waals surface area contributed by atoms with Gasteiger partial charge in [-0.05, 0) is 92.8 Å². The minimum atomic E-state index is -0.0353. The highest BCUT2D eigenvalue weighted by atomic mass is 16.6. The summed E-state index contributed by atoms with van der Waals surface area (Å²) in [6.45, 7) is 3.55. The smallest absolute Gasteiger partial charge is 0.165 e. The number of ether oxygens (including phenoxy) is 4. The molecular weight excluding hydrogens is 464 g/mol. The summed E-state index contributed by atoms with van der Waals surface area (Å²) in [6, 6.07) is 13.1. The first kappa shape index (κ1) is 23.8. The second-order valence-electron chi connectivity index (χ2n) is 12.1. The Bertz CT molecular complexity index is 1150. The van der Waals surface area contributed by atoms with Crippen LogP contribution in [0.2, 0.25) is 0 Å². The molecule has 3 fully saturated rings. The summed E-state index contributed by atoms with van der Waals surface area (Å²) in [5.74, 6) is 4.49. The molecule has 37 heavy (non-hydrogen) atoms. The van der Waals surface area contributed by atoms with E-state index in [1.165, 1.54) is 36.9 Å². The van der Waals surface area contributed by atoms with Crippen LogP contribution in [-0.2, 0) is 23.2 Å². The maximum atomic E-state index is 7.00. The van der Waals surface area contributed by atoms with Crippen molar-refractivity contribution in [3.63, 3.8) is 0 Å². The maximum Gasteiger partial charge on any atom is 0.165 e. The highest BCUT2D eigenvalue weighted by Crippen LogP contribution is 2.61. The molecule has 5 aliphatic rings. The van der Waals surface area contributed by atoms with Crippen molar-refractivity contribution in [1.29, 1.82) is 0 Å². The van der Waals surface area contributed by atoms with Crippen LogP contribution >= 0.6 is 0 Å². The number of nitrogens with two attached hydrogens (primary N) is 1. The largest absolute Gasteiger partial charge is 0.497 e. The second-order valence-corrected chi connectivity index (χ2v) is 12.1. The molecule has 6 heteroatoms. The average Bonchev–Trinajstić information content (AvgIpc) is 3.73. The summed E-state index contributed by atoms with van der Waals surface area (Å²) in [7, 11) is 3.54. The van der Waals surface area contributed by atoms with E-state index >= 15 is 0 Å². The van der Waals surface area contributed by atoms with Crippen LogP contribution in [0.4, 0.5) is 0 Å². The van der Waals surface area contributed by atoms with Crippen molar-refractivity contribution < 1.29 is 18.9 Å². The summed E-state index contributed by atoms with van der Waals surface area (Å²) >= 11 is 0. The number of likely N-dealkylation sites (tertiary alicyclic amines) is 1. The lowest BCUT2D eigenvalue weighted by atomic mass is 9.69. The third kappa shape index (κ3) is 3.86. The lowest BCUT2D eigenvalue weighted by Gasteiger charge is -2.41. The number of methoxy groups -OCH3 is 2. The van der Waals surface area contributed by atoms with Crippen molar-refractivity contribution in [2.24, 2.45) is 23.5 Å². The van der Waals surface area contributed by atoms with E-state index in [0.717, 1.165) is 54.5 Å². The number of nitrogens with zero attached hydrogens (tertiary/aromatic N) is 1. The third-order valence-electron chi connectivity index (χ3n) is 10.1. The van der Waals surface area contributed by atoms with Gasteiger partial charge in [0.15, 0.2) is 11.5 Å². The predicted octanol–water partition coefficient (Wildman–Crippen LogP) is 4.31. The molecule has 0 aromatic heterocycles. The number of benzene rings is 2. The Morgan fingerprint density at radius 3 is 2.68 bits per heavy atom. The van der Waals surface area contributed by atoms with E-state index in [1.807, 2.05) is 19.2 Å². The van der Waals surface area contributed by atoms with E-state index in [2.05, 4.69) is 29.2 Å². The van der Waals surface area contributed by atoms with E-state index in [0.29, 0.717) is 31.0 Å². The van der Waals surface area contributed by atoms with E-state index in [9.17, 15) is 0 Å². The Morgan fingerprint density at radius 2 is 1.95 bits per heavy atom. The summed E-state index contributed by atoms with van der Waals surface area (Å²) < 4.78 is 25.0. The van der Waals surface area contributed by atoms with Crippen LogP contribution in [0.3, 0.4) is 0 Å². The summed E-state index contributed by atoms with van der Waals surface area (Å²) in [5, 5.41) is 0. The molecule has 2 aromatic rings. The van der Waals surface area contributed by atoms with Crippen molar-refractivity contribution in [2.75, 3.05) is 33.9 Å². The van der Waals surface area contributed by atoms with E-state index in [1.54, 1.807) is 7.11 Å². The highest BCUT2D eigenvalue weighted by molar-refractivity contribution is 5.60. The quantitative estimate of drug-likeness (QED) is 0.578. The monoisotopic (exact) mass is 504 g/mol. The van der Waals surface area contributed by atoms with Crippen LogP contribution in [0, 0.1) is 17.8 Å². The molecule has 0 radical (unpaired) electrons. The zero-order valence-corrected chi connectivity index (χ0v) is 22.2. The molecule has 2 heterocycles. The van der Waals surface area contributed by atoms with Gasteiger partial charge >= 0.3 is 0 Å². The Hall–Kier alpha value is -2.28. The molecule has 1 spiro atoms. The number of hydrogen-bond acceptors (Lipinski definition) is 6. The lowest BCUT2D eigenvalue weighted by Crippen LogP contribution is -2.51. The SMILES string of the molecule is COc1ccc(COc2ccc3c4c2O[C@H]2C(OC)[C@@H](CN)CC5C[C@@]42CCN(CC2CC2)[C@@H]5C3)cc1. The van der Waals surface area contributed by atoms with E-state index < -0.39 is 0 Å². The van der Waals surface area contributed by atoms with Crippen LogP contribution in [-0.4, -0.2) is 57.0 Å². The van der Waals surface area contributed by atoms with Crippen molar-refractivity contribution >= 4 is 0 Å². The van der Waals surface area contributed by atoms with Crippen LogP contribution in [0.25, 0.3) is 0 Å². The molecule has 198 valence electrons. The van der Waals surface area contributed by atoms with Crippen LogP contribution in [0.1, 0.15) is 48.8 Å². The van der Waals surface area contributed by atoms with Gasteiger partial charge in [0.25, 0.3) is 0 Å².